The topological polar surface area (TPSA) is 0 Å². The van der Waals surface area contributed by atoms with Gasteiger partial charge in [0.25, 0.3) is 0 Å². The van der Waals surface area contributed by atoms with Crippen LogP contribution < -0.4 is 20.7 Å². The van der Waals surface area contributed by atoms with Crippen molar-refractivity contribution in [2.75, 3.05) is 0 Å². The second-order valence-corrected chi connectivity index (χ2v) is 16.9. The smallest absolute Gasteiger partial charge is 0.0845 e. The molecule has 27 heavy (non-hydrogen) atoms. The fraction of sp³-hybridized carbons (Fsp3) is 0.250. The van der Waals surface area contributed by atoms with Crippen molar-refractivity contribution in [3.8, 4) is 0 Å². The third-order valence-corrected chi connectivity index (χ3v) is 11.5. The molecule has 1 unspecified atom stereocenters. The van der Waals surface area contributed by atoms with Crippen LogP contribution in [0.4, 0.5) is 0 Å². The maximum absolute atomic E-state index is 6.74. The molecular formula is C24H29ClSi2. The number of benzene rings is 3. The third-order valence-electron chi connectivity index (χ3n) is 5.35. The highest BCUT2D eigenvalue weighted by molar-refractivity contribution is 6.97. The monoisotopic (exact) mass is 408 g/mol. The summed E-state index contributed by atoms with van der Waals surface area (Å²) >= 11 is 6.74. The largest absolute Gasteiger partial charge is 0.135 e. The lowest BCUT2D eigenvalue weighted by molar-refractivity contribution is 1.42. The maximum atomic E-state index is 6.74. The molecule has 0 aliphatic carbocycles. The van der Waals surface area contributed by atoms with E-state index in [4.69, 9.17) is 11.6 Å². The van der Waals surface area contributed by atoms with E-state index >= 15 is 0 Å². The van der Waals surface area contributed by atoms with Gasteiger partial charge >= 0.3 is 0 Å². The van der Waals surface area contributed by atoms with Crippen molar-refractivity contribution in [3.63, 3.8) is 0 Å². The molecule has 140 valence electrons. The van der Waals surface area contributed by atoms with E-state index in [2.05, 4.69) is 88.9 Å². The second-order valence-electron chi connectivity index (χ2n) is 8.64. The molecule has 0 aliphatic rings. The normalized spacial score (nSPS) is 12.9. The second kappa shape index (κ2) is 7.79. The Morgan fingerprint density at radius 1 is 0.778 bits per heavy atom. The van der Waals surface area contributed by atoms with Gasteiger partial charge in [-0.15, -0.1) is 0 Å². The summed E-state index contributed by atoms with van der Waals surface area (Å²) in [6.45, 7) is 14.0. The van der Waals surface area contributed by atoms with Crippen LogP contribution in [0.25, 0.3) is 0 Å². The summed E-state index contributed by atoms with van der Waals surface area (Å²) in [7, 11) is -3.06. The predicted molar refractivity (Wildman–Crippen MR) is 128 cm³/mol. The minimum Gasteiger partial charge on any atom is -0.0845 e. The number of hydrogen-bond acceptors (Lipinski definition) is 0. The number of halogens is 1. The van der Waals surface area contributed by atoms with Gasteiger partial charge < -0.3 is 0 Å². The Labute approximate surface area is 171 Å². The Kier molecular flexibility index (Phi) is 5.80. The Balaban J connectivity index is 2.33. The fourth-order valence-electron chi connectivity index (χ4n) is 3.91. The van der Waals surface area contributed by atoms with E-state index in [1.807, 2.05) is 12.1 Å². The Morgan fingerprint density at radius 3 is 2.00 bits per heavy atom. The highest BCUT2D eigenvalue weighted by atomic mass is 35.5. The van der Waals surface area contributed by atoms with Gasteiger partial charge in [-0.2, -0.15) is 0 Å². The van der Waals surface area contributed by atoms with Crippen LogP contribution in [0.3, 0.4) is 0 Å². The van der Waals surface area contributed by atoms with Crippen molar-refractivity contribution >= 4 is 49.2 Å². The molecule has 0 radical (unpaired) electrons. The van der Waals surface area contributed by atoms with Crippen molar-refractivity contribution in [2.24, 2.45) is 0 Å². The quantitative estimate of drug-likeness (QED) is 0.451. The van der Waals surface area contributed by atoms with Gasteiger partial charge in [0, 0.05) is 5.02 Å². The van der Waals surface area contributed by atoms with Crippen LogP contribution in [-0.2, 0) is 0 Å². The van der Waals surface area contributed by atoms with Gasteiger partial charge in [-0.25, -0.2) is 0 Å². The Morgan fingerprint density at radius 2 is 1.41 bits per heavy atom. The van der Waals surface area contributed by atoms with Crippen molar-refractivity contribution < 1.29 is 0 Å². The first kappa shape index (κ1) is 20.1. The van der Waals surface area contributed by atoms with Crippen LogP contribution >= 0.6 is 11.6 Å². The Hall–Kier alpha value is -1.62. The van der Waals surface area contributed by atoms with E-state index < -0.39 is 16.9 Å². The van der Waals surface area contributed by atoms with Crippen LogP contribution in [0.5, 0.6) is 0 Å². The average Bonchev–Trinajstić information content (AvgIpc) is 2.58. The first-order valence-corrected chi connectivity index (χ1v) is 15.2. The summed E-state index contributed by atoms with van der Waals surface area (Å²) in [4.78, 5) is 0. The van der Waals surface area contributed by atoms with Crippen LogP contribution in [-0.4, -0.2) is 16.9 Å². The summed E-state index contributed by atoms with van der Waals surface area (Å²) in [5, 5.41) is 6.75. The molecule has 0 aliphatic heterocycles. The van der Waals surface area contributed by atoms with Gasteiger partial charge in [0.1, 0.15) is 8.80 Å². The third kappa shape index (κ3) is 4.29. The van der Waals surface area contributed by atoms with E-state index in [1.165, 1.54) is 37.4 Å². The summed E-state index contributed by atoms with van der Waals surface area (Å²) in [5.74, 6) is 0. The van der Waals surface area contributed by atoms with Crippen molar-refractivity contribution in [3.05, 3.63) is 82.4 Å². The average molecular weight is 409 g/mol. The first-order valence-electron chi connectivity index (χ1n) is 9.61. The SMILES string of the molecule is Cc1cc([SiH](c2ccccc2Cl)c2c(C)cccc2C)cc([Si](C)(C)C)c1. The van der Waals surface area contributed by atoms with Crippen LogP contribution in [0, 0.1) is 20.8 Å². The molecule has 0 bridgehead atoms. The molecule has 0 nitrogen and oxygen atoms in total. The van der Waals surface area contributed by atoms with Gasteiger partial charge in [-0.05, 0) is 37.2 Å². The zero-order chi connectivity index (χ0) is 19.8. The Bertz CT molecular complexity index is 950. The minimum atomic E-state index is -1.66. The standard InChI is InChI=1S/C24H29ClSi2/c1-17-14-20(16-21(15-17)27(4,5)6)26(23-13-8-7-12-22(23)25)24-18(2)10-9-11-19(24)3/h7-16,26H,1-6H3. The summed E-state index contributed by atoms with van der Waals surface area (Å²) < 4.78 is 0. The molecule has 1 atom stereocenters. The van der Waals surface area contributed by atoms with Gasteiger partial charge in [0.15, 0.2) is 0 Å². The number of hydrogen-bond donors (Lipinski definition) is 0. The van der Waals surface area contributed by atoms with E-state index in [0.717, 1.165) is 5.02 Å². The zero-order valence-corrected chi connectivity index (χ0v) is 20.1. The molecule has 3 aromatic carbocycles. The van der Waals surface area contributed by atoms with Gasteiger partial charge in [0.2, 0.25) is 0 Å². The zero-order valence-electron chi connectivity index (χ0n) is 17.2. The van der Waals surface area contributed by atoms with Crippen LogP contribution in [0.1, 0.15) is 16.7 Å². The van der Waals surface area contributed by atoms with E-state index in [9.17, 15) is 0 Å². The van der Waals surface area contributed by atoms with E-state index in [-0.39, 0.29) is 0 Å². The molecule has 3 heteroatoms. The molecule has 3 rings (SSSR count). The molecule has 3 aromatic rings. The molecule has 0 aromatic heterocycles. The molecule has 0 heterocycles. The molecule has 0 saturated heterocycles. The lowest BCUT2D eigenvalue weighted by Gasteiger charge is -2.25. The molecule has 0 amide bonds. The predicted octanol–water partition coefficient (Wildman–Crippen LogP) is 4.06. The van der Waals surface area contributed by atoms with E-state index in [1.54, 1.807) is 0 Å². The van der Waals surface area contributed by atoms with Crippen molar-refractivity contribution in [1.29, 1.82) is 0 Å². The van der Waals surface area contributed by atoms with Crippen LogP contribution in [0.2, 0.25) is 24.7 Å². The van der Waals surface area contributed by atoms with Gasteiger partial charge in [-0.3, -0.25) is 0 Å². The summed E-state index contributed by atoms with van der Waals surface area (Å²) in [6, 6.07) is 22.4. The minimum absolute atomic E-state index is 0.896. The lowest BCUT2D eigenvalue weighted by Crippen LogP contribution is -2.56. The lowest BCUT2D eigenvalue weighted by atomic mass is 10.2. The van der Waals surface area contributed by atoms with Crippen molar-refractivity contribution in [2.45, 2.75) is 40.4 Å². The van der Waals surface area contributed by atoms with Crippen LogP contribution in [0.15, 0.2) is 60.7 Å². The number of rotatable bonds is 4. The van der Waals surface area contributed by atoms with Gasteiger partial charge in [-0.1, -0.05) is 113 Å². The molecule has 0 saturated carbocycles. The molecular weight excluding hydrogens is 380 g/mol. The molecule has 0 fully saturated rings. The van der Waals surface area contributed by atoms with Gasteiger partial charge in [0.05, 0.1) is 8.07 Å². The highest BCUT2D eigenvalue weighted by Crippen LogP contribution is 2.11. The molecule has 0 spiro atoms. The summed E-state index contributed by atoms with van der Waals surface area (Å²) in [6.07, 6.45) is 0. The maximum Gasteiger partial charge on any atom is 0.135 e. The summed E-state index contributed by atoms with van der Waals surface area (Å²) in [5.41, 5.74) is 4.12. The molecule has 0 N–H and O–H groups in total. The highest BCUT2D eigenvalue weighted by Gasteiger charge is 2.26. The number of aryl methyl sites for hydroxylation is 3. The fourth-order valence-corrected chi connectivity index (χ4v) is 9.35. The van der Waals surface area contributed by atoms with Crippen molar-refractivity contribution in [1.82, 2.24) is 0 Å². The van der Waals surface area contributed by atoms with E-state index in [0.29, 0.717) is 0 Å². The first-order chi connectivity index (χ1) is 12.7.